The number of furan rings is 1. The number of nitrogens with zero attached hydrogens (tertiary/aromatic N) is 6. The highest BCUT2D eigenvalue weighted by atomic mass is 16.3. The Morgan fingerprint density at radius 2 is 2.23 bits per heavy atom. The molecule has 2 aliphatic rings. The van der Waals surface area contributed by atoms with Crippen LogP contribution in [-0.4, -0.2) is 68.5 Å². The van der Waals surface area contributed by atoms with Crippen LogP contribution in [0.25, 0.3) is 11.4 Å². The number of imidazole rings is 1. The SMILES string of the molecule is CN(C)[C@@H]1CCN(C(=O)c2ncn3c2-c2nc(NCc4ccco4)ncc2CC3)C1. The van der Waals surface area contributed by atoms with E-state index < -0.39 is 0 Å². The van der Waals surface area contributed by atoms with E-state index in [-0.39, 0.29) is 5.91 Å². The number of nitrogens with one attached hydrogen (secondary N) is 1. The van der Waals surface area contributed by atoms with Crippen molar-refractivity contribution in [2.75, 3.05) is 32.5 Å². The van der Waals surface area contributed by atoms with E-state index in [1.165, 1.54) is 0 Å². The van der Waals surface area contributed by atoms with Crippen molar-refractivity contribution >= 4 is 11.9 Å². The van der Waals surface area contributed by atoms with Gasteiger partial charge < -0.3 is 24.1 Å². The molecule has 156 valence electrons. The number of rotatable bonds is 5. The zero-order valence-electron chi connectivity index (χ0n) is 17.2. The lowest BCUT2D eigenvalue weighted by atomic mass is 10.0. The van der Waals surface area contributed by atoms with Gasteiger partial charge in [-0.3, -0.25) is 4.79 Å². The minimum atomic E-state index is -0.0235. The van der Waals surface area contributed by atoms with E-state index in [0.717, 1.165) is 55.2 Å². The molecule has 2 aliphatic heterocycles. The van der Waals surface area contributed by atoms with Crippen molar-refractivity contribution in [3.63, 3.8) is 0 Å². The van der Waals surface area contributed by atoms with Crippen molar-refractivity contribution in [2.24, 2.45) is 0 Å². The molecule has 1 atom stereocenters. The molecule has 3 aromatic heterocycles. The molecule has 0 saturated carbocycles. The van der Waals surface area contributed by atoms with Crippen LogP contribution < -0.4 is 5.32 Å². The lowest BCUT2D eigenvalue weighted by Crippen LogP contribution is -2.35. The number of carbonyl (C=O) groups is 1. The van der Waals surface area contributed by atoms with Crippen LogP contribution in [0, 0.1) is 0 Å². The Labute approximate surface area is 174 Å². The van der Waals surface area contributed by atoms with Crippen LogP contribution >= 0.6 is 0 Å². The number of anilines is 1. The third-order valence-electron chi connectivity index (χ3n) is 5.93. The number of fused-ring (bicyclic) bond motifs is 3. The summed E-state index contributed by atoms with van der Waals surface area (Å²) < 4.78 is 7.39. The summed E-state index contributed by atoms with van der Waals surface area (Å²) in [5.74, 6) is 1.29. The van der Waals surface area contributed by atoms with Gasteiger partial charge in [-0.1, -0.05) is 0 Å². The Morgan fingerprint density at radius 3 is 3.00 bits per heavy atom. The van der Waals surface area contributed by atoms with Gasteiger partial charge >= 0.3 is 0 Å². The molecule has 1 N–H and O–H groups in total. The highest BCUT2D eigenvalue weighted by Gasteiger charge is 2.33. The van der Waals surface area contributed by atoms with Gasteiger partial charge in [0.05, 0.1) is 24.8 Å². The summed E-state index contributed by atoms with van der Waals surface area (Å²) in [4.78, 5) is 31.0. The van der Waals surface area contributed by atoms with Crippen LogP contribution in [0.2, 0.25) is 0 Å². The molecule has 0 radical (unpaired) electrons. The van der Waals surface area contributed by atoms with Crippen molar-refractivity contribution in [3.8, 4) is 11.4 Å². The van der Waals surface area contributed by atoms with E-state index in [9.17, 15) is 4.79 Å². The highest BCUT2D eigenvalue weighted by molar-refractivity contribution is 5.98. The Kier molecular flexibility index (Phi) is 4.74. The number of hydrogen-bond acceptors (Lipinski definition) is 7. The average molecular weight is 407 g/mol. The van der Waals surface area contributed by atoms with Gasteiger partial charge in [-0.15, -0.1) is 0 Å². The van der Waals surface area contributed by atoms with Gasteiger partial charge in [-0.05, 0) is 39.1 Å². The fraction of sp³-hybridized carbons (Fsp3) is 0.429. The summed E-state index contributed by atoms with van der Waals surface area (Å²) in [5, 5.41) is 3.20. The first-order valence-electron chi connectivity index (χ1n) is 10.2. The third kappa shape index (κ3) is 3.35. The molecular weight excluding hydrogens is 382 g/mol. The van der Waals surface area contributed by atoms with E-state index in [1.54, 1.807) is 12.6 Å². The molecule has 0 spiro atoms. The van der Waals surface area contributed by atoms with Crippen LogP contribution in [0.15, 0.2) is 35.3 Å². The normalized spacial score (nSPS) is 17.8. The van der Waals surface area contributed by atoms with Crippen molar-refractivity contribution in [3.05, 3.63) is 47.9 Å². The van der Waals surface area contributed by atoms with Gasteiger partial charge in [0.2, 0.25) is 5.95 Å². The molecule has 0 bridgehead atoms. The van der Waals surface area contributed by atoms with E-state index in [1.807, 2.05) is 27.8 Å². The molecular formula is C21H25N7O2. The van der Waals surface area contributed by atoms with Crippen LogP contribution in [0.5, 0.6) is 0 Å². The number of aromatic nitrogens is 4. The Bertz CT molecular complexity index is 1060. The van der Waals surface area contributed by atoms with Gasteiger partial charge in [0.25, 0.3) is 5.91 Å². The Hall–Kier alpha value is -3.20. The maximum atomic E-state index is 13.3. The molecule has 0 aromatic carbocycles. The van der Waals surface area contributed by atoms with Crippen molar-refractivity contribution in [2.45, 2.75) is 32.0 Å². The summed E-state index contributed by atoms with van der Waals surface area (Å²) in [5.41, 5.74) is 3.08. The van der Waals surface area contributed by atoms with Crippen LogP contribution in [0.3, 0.4) is 0 Å². The molecule has 3 aromatic rings. The standard InChI is InChI=1S/C21H25N7O2/c1-26(2)15-6-8-27(12-15)20(29)18-19-17-14(5-7-28(19)13-24-18)10-22-21(25-17)23-11-16-4-3-9-30-16/h3-4,9-10,13,15H,5-8,11-12H2,1-2H3,(H,22,23,25)/t15-/m1/s1. The first kappa shape index (κ1) is 18.8. The van der Waals surface area contributed by atoms with Gasteiger partial charge in [0, 0.05) is 37.4 Å². The highest BCUT2D eigenvalue weighted by Crippen LogP contribution is 2.32. The number of likely N-dealkylation sites (N-methyl/N-ethyl adjacent to an activating group) is 1. The molecule has 30 heavy (non-hydrogen) atoms. The average Bonchev–Trinajstić information content (AvgIpc) is 3.52. The largest absolute Gasteiger partial charge is 0.467 e. The van der Waals surface area contributed by atoms with Crippen molar-refractivity contribution in [1.29, 1.82) is 0 Å². The first-order chi connectivity index (χ1) is 14.6. The maximum absolute atomic E-state index is 13.3. The molecule has 0 unspecified atom stereocenters. The molecule has 1 saturated heterocycles. The van der Waals surface area contributed by atoms with Crippen LogP contribution in [-0.2, 0) is 19.5 Å². The predicted molar refractivity (Wildman–Crippen MR) is 111 cm³/mol. The van der Waals surface area contributed by atoms with E-state index in [4.69, 9.17) is 9.40 Å². The second-order valence-electron chi connectivity index (χ2n) is 8.04. The predicted octanol–water partition coefficient (Wildman–Crippen LogP) is 1.88. The molecule has 1 amide bonds. The van der Waals surface area contributed by atoms with Crippen molar-refractivity contribution in [1.82, 2.24) is 29.3 Å². The molecule has 0 aliphatic carbocycles. The van der Waals surface area contributed by atoms with Crippen LogP contribution in [0.4, 0.5) is 5.95 Å². The summed E-state index contributed by atoms with van der Waals surface area (Å²) in [7, 11) is 4.11. The Balaban J connectivity index is 1.42. The van der Waals surface area contributed by atoms with Gasteiger partial charge in [0.1, 0.15) is 11.5 Å². The summed E-state index contributed by atoms with van der Waals surface area (Å²) in [6.45, 7) is 2.74. The first-order valence-corrected chi connectivity index (χ1v) is 10.2. The topological polar surface area (TPSA) is 92.3 Å². The fourth-order valence-corrected chi connectivity index (χ4v) is 4.15. The van der Waals surface area contributed by atoms with Gasteiger partial charge in [-0.25, -0.2) is 15.0 Å². The summed E-state index contributed by atoms with van der Waals surface area (Å²) >= 11 is 0. The zero-order chi connectivity index (χ0) is 20.7. The maximum Gasteiger partial charge on any atom is 0.274 e. The second-order valence-corrected chi connectivity index (χ2v) is 8.04. The van der Waals surface area contributed by atoms with E-state index in [2.05, 4.69) is 34.3 Å². The molecule has 1 fully saturated rings. The summed E-state index contributed by atoms with van der Waals surface area (Å²) in [6, 6.07) is 4.13. The third-order valence-corrected chi connectivity index (χ3v) is 5.93. The number of aryl methyl sites for hydroxylation is 2. The minimum absolute atomic E-state index is 0.0235. The van der Waals surface area contributed by atoms with Gasteiger partial charge in [0.15, 0.2) is 5.69 Å². The minimum Gasteiger partial charge on any atom is -0.467 e. The molecule has 9 nitrogen and oxygen atoms in total. The smallest absolute Gasteiger partial charge is 0.274 e. The number of amides is 1. The molecule has 5 heterocycles. The van der Waals surface area contributed by atoms with Crippen molar-refractivity contribution < 1.29 is 9.21 Å². The molecule has 9 heteroatoms. The quantitative estimate of drug-likeness (QED) is 0.690. The zero-order valence-corrected chi connectivity index (χ0v) is 17.2. The number of hydrogen-bond donors (Lipinski definition) is 1. The Morgan fingerprint density at radius 1 is 1.33 bits per heavy atom. The molecule has 5 rings (SSSR count). The lowest BCUT2D eigenvalue weighted by Gasteiger charge is -2.22. The summed E-state index contributed by atoms with van der Waals surface area (Å²) in [6.07, 6.45) is 7.03. The van der Waals surface area contributed by atoms with E-state index >= 15 is 0 Å². The lowest BCUT2D eigenvalue weighted by molar-refractivity contribution is 0.0778. The number of carbonyl (C=O) groups excluding carboxylic acids is 1. The van der Waals surface area contributed by atoms with E-state index in [0.29, 0.717) is 24.2 Å². The monoisotopic (exact) mass is 407 g/mol. The fourth-order valence-electron chi connectivity index (χ4n) is 4.15. The van der Waals surface area contributed by atoms with Crippen LogP contribution in [0.1, 0.15) is 28.2 Å². The number of likely N-dealkylation sites (tertiary alicyclic amines) is 1. The van der Waals surface area contributed by atoms with Gasteiger partial charge in [-0.2, -0.15) is 0 Å². The second kappa shape index (κ2) is 7.56.